The van der Waals surface area contributed by atoms with Crippen molar-refractivity contribution in [3.63, 3.8) is 0 Å². The van der Waals surface area contributed by atoms with E-state index in [-0.39, 0.29) is 17.4 Å². The number of aliphatic carboxylic acids is 1. The van der Waals surface area contributed by atoms with Crippen molar-refractivity contribution in [2.45, 2.75) is 6.42 Å². The van der Waals surface area contributed by atoms with Gasteiger partial charge < -0.3 is 15.7 Å². The molecule has 0 saturated heterocycles. The minimum absolute atomic E-state index is 0.190. The fraction of sp³-hybridized carbons (Fsp3) is 0.0556. The largest absolute Gasteiger partial charge is 0.478 e. The van der Waals surface area contributed by atoms with Gasteiger partial charge in [0.05, 0.1) is 6.42 Å². The Morgan fingerprint density at radius 2 is 1.83 bits per heavy atom. The molecule has 0 saturated carbocycles. The number of carbonyl (C=O) groups is 2. The first-order chi connectivity index (χ1) is 11.5. The first kappa shape index (κ1) is 17.4. The number of carbonyl (C=O) groups excluding carboxylic acids is 1. The third-order valence-corrected chi connectivity index (χ3v) is 3.23. The number of hydrogen-bond donors (Lipinski definition) is 3. The molecule has 0 heterocycles. The summed E-state index contributed by atoms with van der Waals surface area (Å²) >= 11 is 5.12. The molecule has 2 rings (SSSR count). The summed E-state index contributed by atoms with van der Waals surface area (Å²) in [6.45, 7) is 0. The molecule has 0 aliphatic rings. The lowest BCUT2D eigenvalue weighted by Crippen LogP contribution is -2.35. The highest BCUT2D eigenvalue weighted by Crippen LogP contribution is 2.12. The molecule has 0 aliphatic heterocycles. The van der Waals surface area contributed by atoms with Crippen LogP contribution in [0, 0.1) is 0 Å². The number of nitrogens with one attached hydrogen (secondary N) is 2. The van der Waals surface area contributed by atoms with Gasteiger partial charge in [-0.3, -0.25) is 4.79 Å². The third-order valence-electron chi connectivity index (χ3n) is 3.02. The van der Waals surface area contributed by atoms with E-state index in [2.05, 4.69) is 10.6 Å². The molecule has 0 radical (unpaired) electrons. The first-order valence-corrected chi connectivity index (χ1v) is 7.59. The Hall–Kier alpha value is -2.99. The van der Waals surface area contributed by atoms with E-state index in [1.165, 1.54) is 6.08 Å². The van der Waals surface area contributed by atoms with Crippen LogP contribution in [0.1, 0.15) is 11.1 Å². The topological polar surface area (TPSA) is 78.4 Å². The van der Waals surface area contributed by atoms with Crippen LogP contribution in [0.25, 0.3) is 6.08 Å². The minimum atomic E-state index is -1.02. The van der Waals surface area contributed by atoms with Gasteiger partial charge in [-0.15, -0.1) is 0 Å². The van der Waals surface area contributed by atoms with E-state index in [0.29, 0.717) is 11.3 Å². The fourth-order valence-corrected chi connectivity index (χ4v) is 2.23. The molecule has 0 bridgehead atoms. The van der Waals surface area contributed by atoms with Crippen molar-refractivity contribution in [3.8, 4) is 0 Å². The highest BCUT2D eigenvalue weighted by atomic mass is 32.1. The van der Waals surface area contributed by atoms with Crippen molar-refractivity contribution in [2.75, 3.05) is 5.32 Å². The van der Waals surface area contributed by atoms with Crippen molar-refractivity contribution in [1.29, 1.82) is 0 Å². The van der Waals surface area contributed by atoms with Gasteiger partial charge in [-0.25, -0.2) is 4.79 Å². The number of carboxylic acids is 1. The Morgan fingerprint density at radius 3 is 2.54 bits per heavy atom. The van der Waals surface area contributed by atoms with Crippen LogP contribution in [0.15, 0.2) is 60.7 Å². The van der Waals surface area contributed by atoms with E-state index in [1.54, 1.807) is 24.3 Å². The number of anilines is 1. The van der Waals surface area contributed by atoms with E-state index >= 15 is 0 Å². The second kappa shape index (κ2) is 8.59. The van der Waals surface area contributed by atoms with Gasteiger partial charge in [-0.2, -0.15) is 0 Å². The molecule has 0 atom stereocenters. The summed E-state index contributed by atoms with van der Waals surface area (Å²) in [5.41, 5.74) is 2.27. The molecule has 6 heteroatoms. The Bertz CT molecular complexity index is 773. The van der Waals surface area contributed by atoms with Gasteiger partial charge in [-0.1, -0.05) is 42.5 Å². The average Bonchev–Trinajstić information content (AvgIpc) is 2.54. The zero-order valence-electron chi connectivity index (χ0n) is 12.7. The van der Waals surface area contributed by atoms with E-state index in [4.69, 9.17) is 17.3 Å². The standard InChI is InChI=1S/C18H16N2O3S/c21-16(12-13-5-2-1-3-6-13)20-18(24)19-15-8-4-7-14(11-15)9-10-17(22)23/h1-11H,12H2,(H,22,23)(H2,19,20,21,24)/b10-9+. The molecule has 0 unspecified atom stereocenters. The Balaban J connectivity index is 1.91. The molecule has 1 amide bonds. The predicted molar refractivity (Wildman–Crippen MR) is 97.6 cm³/mol. The van der Waals surface area contributed by atoms with Crippen LogP contribution in [-0.4, -0.2) is 22.1 Å². The van der Waals surface area contributed by atoms with Gasteiger partial charge in [0.1, 0.15) is 0 Å². The van der Waals surface area contributed by atoms with E-state index in [9.17, 15) is 9.59 Å². The summed E-state index contributed by atoms with van der Waals surface area (Å²) in [4.78, 5) is 22.5. The number of amides is 1. The van der Waals surface area contributed by atoms with Crippen LogP contribution in [-0.2, 0) is 16.0 Å². The summed E-state index contributed by atoms with van der Waals surface area (Å²) in [6, 6.07) is 16.4. The van der Waals surface area contributed by atoms with Crippen molar-refractivity contribution in [3.05, 3.63) is 71.8 Å². The second-order valence-corrected chi connectivity index (χ2v) is 5.37. The van der Waals surface area contributed by atoms with Crippen molar-refractivity contribution in [1.82, 2.24) is 5.32 Å². The Morgan fingerprint density at radius 1 is 1.08 bits per heavy atom. The fourth-order valence-electron chi connectivity index (χ4n) is 2.00. The summed E-state index contributed by atoms with van der Waals surface area (Å²) in [7, 11) is 0. The van der Waals surface area contributed by atoms with Gasteiger partial charge in [-0.05, 0) is 41.6 Å². The summed E-state index contributed by atoms with van der Waals surface area (Å²) in [5.74, 6) is -1.22. The van der Waals surface area contributed by atoms with Crippen LogP contribution in [0.5, 0.6) is 0 Å². The predicted octanol–water partition coefficient (Wildman–Crippen LogP) is 2.84. The quantitative estimate of drug-likeness (QED) is 0.576. The number of carboxylic acid groups (broad SMARTS) is 1. The molecule has 0 aliphatic carbocycles. The number of thiocarbonyl (C=S) groups is 1. The van der Waals surface area contributed by atoms with Crippen molar-refractivity contribution >= 4 is 41.0 Å². The lowest BCUT2D eigenvalue weighted by Gasteiger charge is -2.10. The van der Waals surface area contributed by atoms with Crippen molar-refractivity contribution in [2.24, 2.45) is 0 Å². The SMILES string of the molecule is O=C(O)/C=C/c1cccc(NC(=S)NC(=O)Cc2ccccc2)c1. The molecular weight excluding hydrogens is 324 g/mol. The molecule has 0 aromatic heterocycles. The highest BCUT2D eigenvalue weighted by Gasteiger charge is 2.06. The monoisotopic (exact) mass is 340 g/mol. The average molecular weight is 340 g/mol. The van der Waals surface area contributed by atoms with Gasteiger partial charge in [0, 0.05) is 11.8 Å². The maximum atomic E-state index is 11.9. The molecule has 2 aromatic carbocycles. The molecule has 0 fully saturated rings. The van der Waals surface area contributed by atoms with Crippen molar-refractivity contribution < 1.29 is 14.7 Å². The lowest BCUT2D eigenvalue weighted by molar-refractivity contribution is -0.131. The maximum Gasteiger partial charge on any atom is 0.328 e. The Kier molecular flexibility index (Phi) is 6.22. The molecular formula is C18H16N2O3S. The number of hydrogen-bond acceptors (Lipinski definition) is 3. The molecule has 122 valence electrons. The van der Waals surface area contributed by atoms with Gasteiger partial charge in [0.15, 0.2) is 5.11 Å². The molecule has 5 nitrogen and oxygen atoms in total. The highest BCUT2D eigenvalue weighted by molar-refractivity contribution is 7.80. The number of benzene rings is 2. The maximum absolute atomic E-state index is 11.9. The third kappa shape index (κ3) is 6.02. The van der Waals surface area contributed by atoms with E-state index < -0.39 is 5.97 Å². The zero-order chi connectivity index (χ0) is 17.4. The van der Waals surface area contributed by atoms with Crippen LogP contribution < -0.4 is 10.6 Å². The van der Waals surface area contributed by atoms with Gasteiger partial charge in [0.2, 0.25) is 5.91 Å². The summed E-state index contributed by atoms with van der Waals surface area (Å²) in [5, 5.41) is 14.3. The number of rotatable bonds is 5. The van der Waals surface area contributed by atoms with Crippen LogP contribution >= 0.6 is 12.2 Å². The minimum Gasteiger partial charge on any atom is -0.478 e. The van der Waals surface area contributed by atoms with E-state index in [0.717, 1.165) is 11.6 Å². The molecule has 3 N–H and O–H groups in total. The van der Waals surface area contributed by atoms with Crippen LogP contribution in [0.3, 0.4) is 0 Å². The van der Waals surface area contributed by atoms with Gasteiger partial charge in [0.25, 0.3) is 0 Å². The summed E-state index contributed by atoms with van der Waals surface area (Å²) < 4.78 is 0. The molecule has 24 heavy (non-hydrogen) atoms. The van der Waals surface area contributed by atoms with Gasteiger partial charge >= 0.3 is 5.97 Å². The molecule has 0 spiro atoms. The van der Waals surface area contributed by atoms with Crippen LogP contribution in [0.4, 0.5) is 5.69 Å². The zero-order valence-corrected chi connectivity index (χ0v) is 13.5. The first-order valence-electron chi connectivity index (χ1n) is 7.19. The summed E-state index contributed by atoms with van der Waals surface area (Å²) in [6.07, 6.45) is 2.77. The lowest BCUT2D eigenvalue weighted by atomic mass is 10.1. The molecule has 2 aromatic rings. The second-order valence-electron chi connectivity index (χ2n) is 4.96. The normalized spacial score (nSPS) is 10.3. The van der Waals surface area contributed by atoms with E-state index in [1.807, 2.05) is 30.3 Å². The Labute approximate surface area is 145 Å². The smallest absolute Gasteiger partial charge is 0.328 e. The van der Waals surface area contributed by atoms with Crippen LogP contribution in [0.2, 0.25) is 0 Å².